The first-order valence-electron chi connectivity index (χ1n) is 5.99. The average molecular weight is 272 g/mol. The van der Waals surface area contributed by atoms with E-state index in [0.717, 1.165) is 12.8 Å². The van der Waals surface area contributed by atoms with Gasteiger partial charge in [-0.3, -0.25) is 0 Å². The Hall–Kier alpha value is -1.18. The van der Waals surface area contributed by atoms with E-state index in [0.29, 0.717) is 18.9 Å². The summed E-state index contributed by atoms with van der Waals surface area (Å²) in [7, 11) is -3.45. The van der Waals surface area contributed by atoms with E-state index in [2.05, 4.69) is 10.4 Å². The molecule has 6 nitrogen and oxygen atoms in total. The number of aromatic nitrogens is 1. The molecule has 0 aliphatic rings. The van der Waals surface area contributed by atoms with Crippen molar-refractivity contribution in [1.82, 2.24) is 9.29 Å². The number of rotatable bonds is 7. The van der Waals surface area contributed by atoms with Crippen molar-refractivity contribution in [2.45, 2.75) is 31.6 Å². The molecule has 0 atom stereocenters. The summed E-state index contributed by atoms with van der Waals surface area (Å²) in [6.45, 7) is 4.85. The number of pyridine rings is 1. The predicted octanol–water partition coefficient (Wildman–Crippen LogP) is 1.18. The second kappa shape index (κ2) is 6.67. The first-order chi connectivity index (χ1) is 8.56. The zero-order valence-electron chi connectivity index (χ0n) is 10.8. The topological polar surface area (TPSA) is 88.3 Å². The van der Waals surface area contributed by atoms with Gasteiger partial charge in [-0.1, -0.05) is 20.3 Å². The first-order valence-corrected chi connectivity index (χ1v) is 7.43. The van der Waals surface area contributed by atoms with E-state index in [1.54, 1.807) is 6.07 Å². The fourth-order valence-electron chi connectivity index (χ4n) is 1.55. The third kappa shape index (κ3) is 3.41. The molecule has 1 rings (SSSR count). The van der Waals surface area contributed by atoms with E-state index in [1.807, 2.05) is 13.8 Å². The monoisotopic (exact) mass is 272 g/mol. The third-order valence-corrected chi connectivity index (χ3v) is 4.59. The van der Waals surface area contributed by atoms with E-state index in [-0.39, 0.29) is 4.90 Å². The van der Waals surface area contributed by atoms with Crippen molar-refractivity contribution in [3.8, 4) is 0 Å². The smallest absolute Gasteiger partial charge is 0.244 e. The molecule has 0 bridgehead atoms. The van der Waals surface area contributed by atoms with Crippen molar-refractivity contribution in [3.63, 3.8) is 0 Å². The second-order valence-corrected chi connectivity index (χ2v) is 5.81. The molecule has 0 fully saturated rings. The predicted molar refractivity (Wildman–Crippen MR) is 71.4 cm³/mol. The Morgan fingerprint density at radius 3 is 2.56 bits per heavy atom. The van der Waals surface area contributed by atoms with Gasteiger partial charge in [0.1, 0.15) is 10.7 Å². The van der Waals surface area contributed by atoms with Crippen LogP contribution >= 0.6 is 0 Å². The number of hydrazine groups is 1. The summed E-state index contributed by atoms with van der Waals surface area (Å²) in [5.41, 5.74) is 2.36. The van der Waals surface area contributed by atoms with Crippen LogP contribution in [0.4, 0.5) is 5.82 Å². The Balaban J connectivity index is 2.95. The molecule has 0 aromatic carbocycles. The van der Waals surface area contributed by atoms with Crippen molar-refractivity contribution < 1.29 is 8.42 Å². The Bertz CT molecular complexity index is 458. The van der Waals surface area contributed by atoms with Gasteiger partial charge in [0.25, 0.3) is 0 Å². The van der Waals surface area contributed by atoms with Crippen LogP contribution in [0.3, 0.4) is 0 Å². The van der Waals surface area contributed by atoms with E-state index in [9.17, 15) is 8.42 Å². The number of anilines is 1. The lowest BCUT2D eigenvalue weighted by Gasteiger charge is -2.20. The molecule has 0 saturated heterocycles. The highest BCUT2D eigenvalue weighted by molar-refractivity contribution is 7.89. The average Bonchev–Trinajstić information content (AvgIpc) is 2.39. The summed E-state index contributed by atoms with van der Waals surface area (Å²) in [4.78, 5) is 4.11. The van der Waals surface area contributed by atoms with Gasteiger partial charge in [0.15, 0.2) is 0 Å². The van der Waals surface area contributed by atoms with Crippen LogP contribution < -0.4 is 11.3 Å². The molecule has 0 unspecified atom stereocenters. The molecule has 0 saturated carbocycles. The standard InChI is InChI=1S/C11H20N4O2S/c1-3-5-8-15(4-2)18(16,17)10-6-7-11(14-12)13-9-10/h6-7,9H,3-5,8,12H2,1-2H3,(H,13,14). The summed E-state index contributed by atoms with van der Waals surface area (Å²) in [5.74, 6) is 5.62. The second-order valence-electron chi connectivity index (χ2n) is 3.87. The summed E-state index contributed by atoms with van der Waals surface area (Å²) in [6, 6.07) is 3.05. The zero-order chi connectivity index (χ0) is 13.6. The lowest BCUT2D eigenvalue weighted by atomic mass is 10.3. The maximum Gasteiger partial charge on any atom is 0.244 e. The van der Waals surface area contributed by atoms with Crippen LogP contribution in [0.1, 0.15) is 26.7 Å². The number of nitrogen functional groups attached to an aromatic ring is 1. The number of sulfonamides is 1. The molecule has 18 heavy (non-hydrogen) atoms. The minimum Gasteiger partial charge on any atom is -0.308 e. The van der Waals surface area contributed by atoms with Crippen LogP contribution in [-0.2, 0) is 10.0 Å². The molecule has 0 aliphatic heterocycles. The van der Waals surface area contributed by atoms with Crippen molar-refractivity contribution in [3.05, 3.63) is 18.3 Å². The Kier molecular flexibility index (Phi) is 5.52. The lowest BCUT2D eigenvalue weighted by molar-refractivity contribution is 0.418. The van der Waals surface area contributed by atoms with Crippen LogP contribution in [0.5, 0.6) is 0 Å². The van der Waals surface area contributed by atoms with E-state index >= 15 is 0 Å². The van der Waals surface area contributed by atoms with Gasteiger partial charge >= 0.3 is 0 Å². The third-order valence-electron chi connectivity index (χ3n) is 2.64. The number of hydrogen-bond acceptors (Lipinski definition) is 5. The molecular weight excluding hydrogens is 252 g/mol. The number of unbranched alkanes of at least 4 members (excludes halogenated alkanes) is 1. The van der Waals surface area contributed by atoms with Crippen LogP contribution in [-0.4, -0.2) is 30.8 Å². The van der Waals surface area contributed by atoms with E-state index < -0.39 is 10.0 Å². The molecular formula is C11H20N4O2S. The van der Waals surface area contributed by atoms with Crippen LogP contribution in [0.2, 0.25) is 0 Å². The molecule has 7 heteroatoms. The Labute approximate surface area is 108 Å². The Morgan fingerprint density at radius 2 is 2.11 bits per heavy atom. The SMILES string of the molecule is CCCCN(CC)S(=O)(=O)c1ccc(NN)nc1. The maximum atomic E-state index is 12.3. The summed E-state index contributed by atoms with van der Waals surface area (Å²) in [5, 5.41) is 0. The largest absolute Gasteiger partial charge is 0.308 e. The normalized spacial score (nSPS) is 11.8. The van der Waals surface area contributed by atoms with Crippen molar-refractivity contribution in [1.29, 1.82) is 0 Å². The van der Waals surface area contributed by atoms with Crippen LogP contribution in [0.25, 0.3) is 0 Å². The van der Waals surface area contributed by atoms with Crippen molar-refractivity contribution in [2.24, 2.45) is 5.84 Å². The molecule has 0 radical (unpaired) electrons. The molecule has 0 spiro atoms. The van der Waals surface area contributed by atoms with Gasteiger partial charge in [-0.15, -0.1) is 0 Å². The number of nitrogens with one attached hydrogen (secondary N) is 1. The maximum absolute atomic E-state index is 12.3. The molecule has 0 amide bonds. The molecule has 1 aromatic rings. The minimum absolute atomic E-state index is 0.194. The fourth-order valence-corrected chi connectivity index (χ4v) is 2.98. The van der Waals surface area contributed by atoms with Gasteiger partial charge in [0, 0.05) is 19.3 Å². The van der Waals surface area contributed by atoms with Gasteiger partial charge in [-0.2, -0.15) is 4.31 Å². The highest BCUT2D eigenvalue weighted by Gasteiger charge is 2.22. The number of hydrogen-bond donors (Lipinski definition) is 2. The minimum atomic E-state index is -3.45. The van der Waals surface area contributed by atoms with Crippen LogP contribution in [0.15, 0.2) is 23.2 Å². The van der Waals surface area contributed by atoms with Crippen molar-refractivity contribution in [2.75, 3.05) is 18.5 Å². The number of nitrogens with two attached hydrogens (primary N) is 1. The quantitative estimate of drug-likeness (QED) is 0.575. The molecule has 1 aromatic heterocycles. The number of nitrogens with zero attached hydrogens (tertiary/aromatic N) is 2. The van der Waals surface area contributed by atoms with E-state index in [1.165, 1.54) is 16.6 Å². The van der Waals surface area contributed by atoms with Gasteiger partial charge < -0.3 is 5.43 Å². The fraction of sp³-hybridized carbons (Fsp3) is 0.545. The summed E-state index contributed by atoms with van der Waals surface area (Å²) < 4.78 is 26.1. The first kappa shape index (κ1) is 14.9. The highest BCUT2D eigenvalue weighted by atomic mass is 32.2. The zero-order valence-corrected chi connectivity index (χ0v) is 11.6. The van der Waals surface area contributed by atoms with Gasteiger partial charge in [-0.25, -0.2) is 19.2 Å². The van der Waals surface area contributed by atoms with Gasteiger partial charge in [0.2, 0.25) is 10.0 Å². The lowest BCUT2D eigenvalue weighted by Crippen LogP contribution is -2.32. The molecule has 3 N–H and O–H groups in total. The van der Waals surface area contributed by atoms with E-state index in [4.69, 9.17) is 5.84 Å². The van der Waals surface area contributed by atoms with Crippen molar-refractivity contribution >= 4 is 15.8 Å². The van der Waals surface area contributed by atoms with Gasteiger partial charge in [0.05, 0.1) is 0 Å². The molecule has 0 aliphatic carbocycles. The summed E-state index contributed by atoms with van der Waals surface area (Å²) >= 11 is 0. The van der Waals surface area contributed by atoms with Crippen LogP contribution in [0, 0.1) is 0 Å². The highest BCUT2D eigenvalue weighted by Crippen LogP contribution is 2.16. The molecule has 102 valence electrons. The van der Waals surface area contributed by atoms with Gasteiger partial charge in [-0.05, 0) is 18.6 Å². The Morgan fingerprint density at radius 1 is 1.39 bits per heavy atom. The summed E-state index contributed by atoms with van der Waals surface area (Å²) in [6.07, 6.45) is 3.13. The molecule has 1 heterocycles.